The molecule has 202 valence electrons. The van der Waals surface area contributed by atoms with Crippen LogP contribution in [0.4, 0.5) is 5.69 Å². The van der Waals surface area contributed by atoms with Crippen molar-refractivity contribution in [1.82, 2.24) is 10.2 Å². The molecule has 7 nitrogen and oxygen atoms in total. The molecule has 0 aliphatic carbocycles. The Balaban J connectivity index is 2.07. The molecular formula is C28H31Cl2N3O4S. The molecule has 1 atom stereocenters. The number of halogens is 2. The van der Waals surface area contributed by atoms with Crippen LogP contribution in [0.3, 0.4) is 0 Å². The summed E-state index contributed by atoms with van der Waals surface area (Å²) in [5, 5.41) is 3.71. The number of anilines is 1. The molecule has 0 spiro atoms. The van der Waals surface area contributed by atoms with Gasteiger partial charge in [-0.3, -0.25) is 13.9 Å². The van der Waals surface area contributed by atoms with E-state index in [9.17, 15) is 18.0 Å². The Morgan fingerprint density at radius 1 is 0.974 bits per heavy atom. The third-order valence-corrected chi connectivity index (χ3v) is 7.76. The highest BCUT2D eigenvalue weighted by Gasteiger charge is 2.33. The van der Waals surface area contributed by atoms with Crippen LogP contribution < -0.4 is 9.62 Å². The lowest BCUT2D eigenvalue weighted by molar-refractivity contribution is -0.140. The molecule has 0 radical (unpaired) electrons. The second-order valence-corrected chi connectivity index (χ2v) is 11.7. The largest absolute Gasteiger partial charge is 0.355 e. The van der Waals surface area contributed by atoms with Gasteiger partial charge in [-0.1, -0.05) is 71.7 Å². The molecule has 0 fully saturated rings. The summed E-state index contributed by atoms with van der Waals surface area (Å²) in [5.41, 5.74) is 2.42. The molecule has 3 aromatic rings. The van der Waals surface area contributed by atoms with Crippen LogP contribution in [0.15, 0.2) is 72.8 Å². The minimum absolute atomic E-state index is 0.0182. The molecule has 0 aliphatic rings. The molecule has 0 aliphatic heterocycles. The minimum Gasteiger partial charge on any atom is -0.355 e. The van der Waals surface area contributed by atoms with Crippen molar-refractivity contribution in [2.24, 2.45) is 0 Å². The lowest BCUT2D eigenvalue weighted by atomic mass is 10.0. The molecule has 0 bridgehead atoms. The van der Waals surface area contributed by atoms with Crippen LogP contribution >= 0.6 is 23.2 Å². The van der Waals surface area contributed by atoms with Crippen molar-refractivity contribution in [1.29, 1.82) is 0 Å². The summed E-state index contributed by atoms with van der Waals surface area (Å²) in [6.45, 7) is 3.41. The fourth-order valence-corrected chi connectivity index (χ4v) is 5.48. The zero-order valence-corrected chi connectivity index (χ0v) is 23.9. The van der Waals surface area contributed by atoms with Crippen LogP contribution in [0.5, 0.6) is 0 Å². The Labute approximate surface area is 234 Å². The molecule has 1 unspecified atom stereocenters. The average Bonchev–Trinajstić information content (AvgIpc) is 2.86. The van der Waals surface area contributed by atoms with Gasteiger partial charge in [-0.2, -0.15) is 0 Å². The monoisotopic (exact) mass is 575 g/mol. The SMILES string of the molecule is CCNC(=O)C(Cc1ccccc1)N(Cc1ccccc1Cl)C(=O)CN(c1ccc(Cl)cc1C)S(C)(=O)=O. The second kappa shape index (κ2) is 13.1. The Morgan fingerprint density at radius 3 is 2.24 bits per heavy atom. The van der Waals surface area contributed by atoms with Crippen LogP contribution in [0.1, 0.15) is 23.6 Å². The number of carbonyl (C=O) groups is 2. The molecule has 0 heterocycles. The average molecular weight is 577 g/mol. The van der Waals surface area contributed by atoms with Gasteiger partial charge in [0.2, 0.25) is 21.8 Å². The van der Waals surface area contributed by atoms with E-state index < -0.39 is 28.5 Å². The van der Waals surface area contributed by atoms with Gasteiger partial charge in [-0.15, -0.1) is 0 Å². The van der Waals surface area contributed by atoms with Crippen molar-refractivity contribution in [2.75, 3.05) is 23.7 Å². The van der Waals surface area contributed by atoms with E-state index in [2.05, 4.69) is 5.32 Å². The Morgan fingerprint density at radius 2 is 1.63 bits per heavy atom. The summed E-state index contributed by atoms with van der Waals surface area (Å²) < 4.78 is 26.8. The van der Waals surface area contributed by atoms with Crippen LogP contribution in [0, 0.1) is 6.92 Å². The van der Waals surface area contributed by atoms with Gasteiger partial charge in [-0.05, 0) is 54.8 Å². The topological polar surface area (TPSA) is 86.8 Å². The first-order valence-corrected chi connectivity index (χ1v) is 14.7. The Kier molecular flexibility index (Phi) is 10.2. The van der Waals surface area contributed by atoms with E-state index in [-0.39, 0.29) is 18.9 Å². The number of hydrogen-bond donors (Lipinski definition) is 1. The summed E-state index contributed by atoms with van der Waals surface area (Å²) in [6.07, 6.45) is 1.28. The van der Waals surface area contributed by atoms with E-state index in [0.717, 1.165) is 16.1 Å². The summed E-state index contributed by atoms with van der Waals surface area (Å²) in [7, 11) is -3.86. The molecule has 38 heavy (non-hydrogen) atoms. The molecule has 0 saturated heterocycles. The summed E-state index contributed by atoms with van der Waals surface area (Å²) in [4.78, 5) is 28.7. The number of carbonyl (C=O) groups excluding carboxylic acids is 2. The van der Waals surface area contributed by atoms with Crippen molar-refractivity contribution >= 4 is 50.7 Å². The third-order valence-electron chi connectivity index (χ3n) is 6.03. The van der Waals surface area contributed by atoms with Gasteiger partial charge in [0.05, 0.1) is 11.9 Å². The minimum atomic E-state index is -3.86. The van der Waals surface area contributed by atoms with E-state index >= 15 is 0 Å². The molecule has 1 N–H and O–H groups in total. The molecule has 2 amide bonds. The van der Waals surface area contributed by atoms with Gasteiger partial charge in [0.15, 0.2) is 0 Å². The molecule has 10 heteroatoms. The lowest BCUT2D eigenvalue weighted by Crippen LogP contribution is -2.53. The maximum Gasteiger partial charge on any atom is 0.244 e. The van der Waals surface area contributed by atoms with E-state index in [1.54, 1.807) is 56.3 Å². The van der Waals surface area contributed by atoms with E-state index in [1.807, 2.05) is 30.3 Å². The molecule has 3 aromatic carbocycles. The van der Waals surface area contributed by atoms with Gasteiger partial charge >= 0.3 is 0 Å². The standard InChI is InChI=1S/C28H31Cl2N3O4S/c1-4-31-28(35)26(17-21-10-6-5-7-11-21)32(18-22-12-8-9-13-24(22)30)27(34)19-33(38(3,36)37)25-15-14-23(29)16-20(25)2/h5-16,26H,4,17-19H2,1-3H3,(H,31,35). The van der Waals surface area contributed by atoms with Crippen molar-refractivity contribution < 1.29 is 18.0 Å². The van der Waals surface area contributed by atoms with Crippen LogP contribution in [0.25, 0.3) is 0 Å². The van der Waals surface area contributed by atoms with Gasteiger partial charge < -0.3 is 10.2 Å². The number of nitrogens with zero attached hydrogens (tertiary/aromatic N) is 2. The first-order chi connectivity index (χ1) is 18.0. The van der Waals surface area contributed by atoms with Crippen LogP contribution in [0.2, 0.25) is 10.0 Å². The summed E-state index contributed by atoms with van der Waals surface area (Å²) in [5.74, 6) is -0.887. The maximum absolute atomic E-state index is 14.0. The predicted octanol–water partition coefficient (Wildman–Crippen LogP) is 4.84. The van der Waals surface area contributed by atoms with Crippen LogP contribution in [-0.2, 0) is 32.6 Å². The lowest BCUT2D eigenvalue weighted by Gasteiger charge is -2.34. The summed E-state index contributed by atoms with van der Waals surface area (Å²) in [6, 6.07) is 20.3. The number of amides is 2. The molecule has 0 saturated carbocycles. The molecular weight excluding hydrogens is 545 g/mol. The summed E-state index contributed by atoms with van der Waals surface area (Å²) >= 11 is 12.5. The zero-order valence-electron chi connectivity index (χ0n) is 21.5. The first kappa shape index (κ1) is 29.5. The smallest absolute Gasteiger partial charge is 0.244 e. The van der Waals surface area contributed by atoms with Gasteiger partial charge in [-0.25, -0.2) is 8.42 Å². The van der Waals surface area contributed by atoms with Crippen molar-refractivity contribution in [3.8, 4) is 0 Å². The highest BCUT2D eigenvalue weighted by atomic mass is 35.5. The first-order valence-electron chi connectivity index (χ1n) is 12.1. The van der Waals surface area contributed by atoms with Crippen molar-refractivity contribution in [3.05, 3.63) is 99.5 Å². The molecule has 0 aromatic heterocycles. The third kappa shape index (κ3) is 7.72. The van der Waals surface area contributed by atoms with E-state index in [1.165, 1.54) is 4.90 Å². The number of benzene rings is 3. The van der Waals surface area contributed by atoms with Gasteiger partial charge in [0, 0.05) is 29.6 Å². The number of aryl methyl sites for hydroxylation is 1. The van der Waals surface area contributed by atoms with Gasteiger partial charge in [0.1, 0.15) is 12.6 Å². The molecule has 3 rings (SSSR count). The fraction of sp³-hybridized carbons (Fsp3) is 0.286. The Hall–Kier alpha value is -3.07. The fourth-order valence-electron chi connectivity index (χ4n) is 4.15. The van der Waals surface area contributed by atoms with Crippen LogP contribution in [-0.4, -0.2) is 50.5 Å². The van der Waals surface area contributed by atoms with Crippen molar-refractivity contribution in [3.63, 3.8) is 0 Å². The van der Waals surface area contributed by atoms with E-state index in [4.69, 9.17) is 23.2 Å². The zero-order chi connectivity index (χ0) is 27.9. The number of nitrogens with one attached hydrogen (secondary N) is 1. The Bertz CT molecular complexity index is 1380. The quantitative estimate of drug-likeness (QED) is 0.354. The highest BCUT2D eigenvalue weighted by Crippen LogP contribution is 2.27. The predicted molar refractivity (Wildman–Crippen MR) is 153 cm³/mol. The number of rotatable bonds is 11. The number of hydrogen-bond acceptors (Lipinski definition) is 4. The number of likely N-dealkylation sites (N-methyl/N-ethyl adjacent to an activating group) is 1. The highest BCUT2D eigenvalue weighted by molar-refractivity contribution is 7.92. The number of sulfonamides is 1. The second-order valence-electron chi connectivity index (χ2n) is 8.91. The normalized spacial score (nSPS) is 12.0. The van der Waals surface area contributed by atoms with Crippen molar-refractivity contribution in [2.45, 2.75) is 32.9 Å². The van der Waals surface area contributed by atoms with E-state index in [0.29, 0.717) is 33.4 Å². The maximum atomic E-state index is 14.0. The van der Waals surface area contributed by atoms with Gasteiger partial charge in [0.25, 0.3) is 0 Å².